The second kappa shape index (κ2) is 10.6. The monoisotopic (exact) mass is 444 g/mol. The molecule has 11 heteroatoms. The molecule has 168 valence electrons. The Kier molecular flexibility index (Phi) is 7.88. The second-order valence-corrected chi connectivity index (χ2v) is 6.13. The average molecular weight is 444 g/mol. The number of carbonyl (C=O) groups excluding carboxylic acids is 1. The summed E-state index contributed by atoms with van der Waals surface area (Å²) in [4.78, 5) is 33.5. The molecule has 0 N–H and O–H groups in total. The molecule has 0 aromatic heterocycles. The molecule has 0 heterocycles. The number of rotatable bonds is 10. The van der Waals surface area contributed by atoms with Crippen LogP contribution in [0.3, 0.4) is 0 Å². The molecular formula is C21H20N2O9. The maximum absolute atomic E-state index is 12.2. The fraction of sp³-hybridized carbons (Fsp3) is 0.190. The Morgan fingerprint density at radius 2 is 1.09 bits per heavy atom. The zero-order valence-electron chi connectivity index (χ0n) is 17.7. The highest BCUT2D eigenvalue weighted by atomic mass is 16.6. The van der Waals surface area contributed by atoms with Crippen LogP contribution in [0.5, 0.6) is 23.0 Å². The van der Waals surface area contributed by atoms with Crippen molar-refractivity contribution in [2.75, 3.05) is 28.4 Å². The van der Waals surface area contributed by atoms with E-state index in [0.29, 0.717) is 11.1 Å². The van der Waals surface area contributed by atoms with Gasteiger partial charge in [0, 0.05) is 12.1 Å². The van der Waals surface area contributed by atoms with E-state index in [1.807, 2.05) is 0 Å². The summed E-state index contributed by atoms with van der Waals surface area (Å²) in [5, 5.41) is 22.5. The van der Waals surface area contributed by atoms with Gasteiger partial charge in [0.1, 0.15) is 0 Å². The molecule has 0 saturated heterocycles. The molecule has 0 amide bonds. The number of methoxy groups -OCH3 is 4. The minimum Gasteiger partial charge on any atom is -0.493 e. The van der Waals surface area contributed by atoms with Crippen molar-refractivity contribution in [1.82, 2.24) is 0 Å². The number of carbonyl (C=O) groups is 1. The molecule has 0 saturated carbocycles. The van der Waals surface area contributed by atoms with Crippen LogP contribution in [0.15, 0.2) is 36.4 Å². The Bertz CT molecular complexity index is 1020. The Balaban J connectivity index is 2.31. The fourth-order valence-corrected chi connectivity index (χ4v) is 2.81. The molecule has 2 aromatic carbocycles. The summed E-state index contributed by atoms with van der Waals surface area (Å²) in [7, 11) is 5.25. The SMILES string of the molecule is COc1cc(/C=C/C(=O)/C=C/c2cc(OC)c(OC)c([N+](=O)[O-])c2)cc([N+](=O)[O-])c1OC. The molecule has 0 unspecified atom stereocenters. The van der Waals surface area contributed by atoms with Gasteiger partial charge in [-0.3, -0.25) is 25.0 Å². The minimum atomic E-state index is -0.621. The molecule has 0 aliphatic heterocycles. The molecular weight excluding hydrogens is 424 g/mol. The summed E-state index contributed by atoms with van der Waals surface area (Å²) in [6.07, 6.45) is 5.13. The highest BCUT2D eigenvalue weighted by Crippen LogP contribution is 2.39. The van der Waals surface area contributed by atoms with Gasteiger partial charge in [-0.25, -0.2) is 0 Å². The topological polar surface area (TPSA) is 140 Å². The van der Waals surface area contributed by atoms with Gasteiger partial charge in [-0.15, -0.1) is 0 Å². The van der Waals surface area contributed by atoms with E-state index in [1.54, 1.807) is 0 Å². The van der Waals surface area contributed by atoms with Gasteiger partial charge in [0.2, 0.25) is 11.5 Å². The molecule has 0 atom stereocenters. The van der Waals surface area contributed by atoms with Crippen molar-refractivity contribution in [2.45, 2.75) is 0 Å². The third kappa shape index (κ3) is 5.39. The number of benzene rings is 2. The Hall–Kier alpha value is -4.41. The number of hydrogen-bond acceptors (Lipinski definition) is 9. The summed E-state index contributed by atoms with van der Waals surface area (Å²) in [5.74, 6) is -0.240. The standard InChI is InChI=1S/C21H20N2O9/c1-29-18-11-13(9-16(22(25)26)20(18)31-3)5-7-15(24)8-6-14-10-17(23(27)28)21(32-4)19(12-14)30-2/h5-12H,1-4H3/b7-5+,8-6+. The van der Waals surface area contributed by atoms with Gasteiger partial charge in [0.05, 0.1) is 38.3 Å². The number of hydrogen-bond donors (Lipinski definition) is 0. The third-order valence-electron chi connectivity index (χ3n) is 4.24. The van der Waals surface area contributed by atoms with Gasteiger partial charge >= 0.3 is 11.4 Å². The van der Waals surface area contributed by atoms with Gasteiger partial charge in [0.15, 0.2) is 17.3 Å². The van der Waals surface area contributed by atoms with E-state index in [2.05, 4.69) is 0 Å². The zero-order valence-corrected chi connectivity index (χ0v) is 17.7. The predicted molar refractivity (Wildman–Crippen MR) is 115 cm³/mol. The first-order valence-corrected chi connectivity index (χ1v) is 8.96. The fourth-order valence-electron chi connectivity index (χ4n) is 2.81. The smallest absolute Gasteiger partial charge is 0.315 e. The minimum absolute atomic E-state index is 0.0316. The Morgan fingerprint density at radius 1 is 0.719 bits per heavy atom. The van der Waals surface area contributed by atoms with Gasteiger partial charge in [0.25, 0.3) is 0 Å². The second-order valence-electron chi connectivity index (χ2n) is 6.13. The van der Waals surface area contributed by atoms with E-state index < -0.39 is 15.6 Å². The van der Waals surface area contributed by atoms with Crippen molar-refractivity contribution >= 4 is 29.3 Å². The first-order chi connectivity index (χ1) is 15.2. The van der Waals surface area contributed by atoms with Crippen molar-refractivity contribution in [3.05, 3.63) is 67.8 Å². The molecule has 0 fully saturated rings. The first-order valence-electron chi connectivity index (χ1n) is 8.96. The van der Waals surface area contributed by atoms with Crippen molar-refractivity contribution in [2.24, 2.45) is 0 Å². The molecule has 0 spiro atoms. The predicted octanol–water partition coefficient (Wildman–Crippen LogP) is 3.83. The van der Waals surface area contributed by atoms with E-state index in [9.17, 15) is 25.0 Å². The van der Waals surface area contributed by atoms with Crippen LogP contribution in [0, 0.1) is 20.2 Å². The summed E-state index contributed by atoms with van der Waals surface area (Å²) in [5.41, 5.74) is 0.0648. The van der Waals surface area contributed by atoms with Crippen LogP contribution in [0.4, 0.5) is 11.4 Å². The van der Waals surface area contributed by atoms with E-state index >= 15 is 0 Å². The molecule has 0 radical (unpaired) electrons. The highest BCUT2D eigenvalue weighted by molar-refractivity contribution is 6.04. The van der Waals surface area contributed by atoms with Gasteiger partial charge in [-0.2, -0.15) is 0 Å². The summed E-state index contributed by atoms with van der Waals surface area (Å²) < 4.78 is 20.3. The summed E-state index contributed by atoms with van der Waals surface area (Å²) in [6.45, 7) is 0. The lowest BCUT2D eigenvalue weighted by Crippen LogP contribution is -1.98. The Labute approximate surface area is 182 Å². The van der Waals surface area contributed by atoms with Crippen LogP contribution in [-0.2, 0) is 4.79 Å². The van der Waals surface area contributed by atoms with Crippen LogP contribution >= 0.6 is 0 Å². The summed E-state index contributed by atoms with van der Waals surface area (Å²) in [6, 6.07) is 5.45. The van der Waals surface area contributed by atoms with Crippen LogP contribution in [-0.4, -0.2) is 44.1 Å². The van der Waals surface area contributed by atoms with E-state index in [-0.39, 0.29) is 34.4 Å². The molecule has 11 nitrogen and oxygen atoms in total. The van der Waals surface area contributed by atoms with Crippen LogP contribution in [0.2, 0.25) is 0 Å². The molecule has 0 bridgehead atoms. The molecule has 2 aromatic rings. The van der Waals surface area contributed by atoms with Crippen LogP contribution < -0.4 is 18.9 Å². The van der Waals surface area contributed by atoms with Crippen molar-refractivity contribution in [3.8, 4) is 23.0 Å². The van der Waals surface area contributed by atoms with Gasteiger partial charge in [-0.05, 0) is 35.4 Å². The lowest BCUT2D eigenvalue weighted by Gasteiger charge is -2.09. The van der Waals surface area contributed by atoms with E-state index in [1.165, 1.54) is 77.0 Å². The third-order valence-corrected chi connectivity index (χ3v) is 4.24. The molecule has 0 aliphatic rings. The Morgan fingerprint density at radius 3 is 1.38 bits per heavy atom. The van der Waals surface area contributed by atoms with E-state index in [0.717, 1.165) is 0 Å². The largest absolute Gasteiger partial charge is 0.493 e. The molecule has 0 aliphatic carbocycles. The average Bonchev–Trinajstić information content (AvgIpc) is 2.79. The number of ether oxygens (including phenoxy) is 4. The van der Waals surface area contributed by atoms with Crippen LogP contribution in [0.1, 0.15) is 11.1 Å². The van der Waals surface area contributed by atoms with Gasteiger partial charge in [-0.1, -0.05) is 12.2 Å². The quantitative estimate of drug-likeness (QED) is 0.304. The van der Waals surface area contributed by atoms with E-state index in [4.69, 9.17) is 18.9 Å². The summed E-state index contributed by atoms with van der Waals surface area (Å²) >= 11 is 0. The number of nitro groups is 2. The molecule has 2 rings (SSSR count). The normalized spacial score (nSPS) is 10.9. The number of allylic oxidation sites excluding steroid dienone is 2. The van der Waals surface area contributed by atoms with Crippen molar-refractivity contribution in [3.63, 3.8) is 0 Å². The number of ketones is 1. The van der Waals surface area contributed by atoms with Crippen molar-refractivity contribution < 1.29 is 33.6 Å². The van der Waals surface area contributed by atoms with Crippen LogP contribution in [0.25, 0.3) is 12.2 Å². The number of nitro benzene ring substituents is 2. The lowest BCUT2D eigenvalue weighted by molar-refractivity contribution is -0.386. The zero-order chi connectivity index (χ0) is 23.8. The molecule has 32 heavy (non-hydrogen) atoms. The van der Waals surface area contributed by atoms with Crippen molar-refractivity contribution in [1.29, 1.82) is 0 Å². The van der Waals surface area contributed by atoms with Gasteiger partial charge < -0.3 is 18.9 Å². The maximum atomic E-state index is 12.2. The lowest BCUT2D eigenvalue weighted by atomic mass is 10.1. The number of nitrogens with zero attached hydrogens (tertiary/aromatic N) is 2. The maximum Gasteiger partial charge on any atom is 0.315 e. The highest BCUT2D eigenvalue weighted by Gasteiger charge is 2.22. The first kappa shape index (κ1) is 23.9.